The van der Waals surface area contributed by atoms with Crippen LogP contribution in [0.25, 0.3) is 0 Å². The van der Waals surface area contributed by atoms with Crippen LogP contribution in [0.2, 0.25) is 0 Å². The van der Waals surface area contributed by atoms with Gasteiger partial charge in [-0.2, -0.15) is 0 Å². The first-order chi connectivity index (χ1) is 5.16. The molecule has 1 amide bonds. The highest BCUT2D eigenvalue weighted by molar-refractivity contribution is 7.80. The molecule has 0 radical (unpaired) electrons. The van der Waals surface area contributed by atoms with Gasteiger partial charge in [0.1, 0.15) is 12.7 Å². The van der Waals surface area contributed by atoms with Crippen molar-refractivity contribution in [3.05, 3.63) is 0 Å². The molecule has 0 spiro atoms. The van der Waals surface area contributed by atoms with E-state index < -0.39 is 6.67 Å². The van der Waals surface area contributed by atoms with E-state index in [1.165, 1.54) is 4.90 Å². The van der Waals surface area contributed by atoms with E-state index in [0.717, 1.165) is 0 Å². The number of hydrogen-bond donors (Lipinski definition) is 1. The number of rotatable bonds is 2. The van der Waals surface area contributed by atoms with Crippen LogP contribution in [-0.4, -0.2) is 35.2 Å². The van der Waals surface area contributed by atoms with E-state index in [9.17, 15) is 9.18 Å². The largest absolute Gasteiger partial charge is 0.351 e. The fourth-order valence-electron chi connectivity index (χ4n) is 0.955. The molecule has 3 nitrogen and oxygen atoms in total. The van der Waals surface area contributed by atoms with Crippen molar-refractivity contribution in [2.24, 2.45) is 0 Å². The van der Waals surface area contributed by atoms with Gasteiger partial charge in [-0.15, -0.1) is 0 Å². The Morgan fingerprint density at radius 3 is 2.82 bits per heavy atom. The summed E-state index contributed by atoms with van der Waals surface area (Å²) < 4.78 is 11.8. The van der Waals surface area contributed by atoms with Gasteiger partial charge in [-0.05, 0) is 19.1 Å². The molecule has 1 N–H and O–H groups in total. The minimum absolute atomic E-state index is 0.0645. The topological polar surface area (TPSA) is 32.3 Å². The molecule has 1 fully saturated rings. The molecule has 0 aliphatic carbocycles. The van der Waals surface area contributed by atoms with E-state index in [2.05, 4.69) is 5.32 Å². The lowest BCUT2D eigenvalue weighted by molar-refractivity contribution is -0.126. The first kappa shape index (κ1) is 8.39. The van der Waals surface area contributed by atoms with Crippen LogP contribution in [0.4, 0.5) is 4.39 Å². The Hall–Kier alpha value is -0.710. The van der Waals surface area contributed by atoms with Crippen molar-refractivity contribution >= 4 is 23.2 Å². The minimum Gasteiger partial charge on any atom is -0.351 e. The van der Waals surface area contributed by atoms with Crippen LogP contribution in [0.5, 0.6) is 0 Å². The monoisotopic (exact) mass is 176 g/mol. The zero-order valence-electron chi connectivity index (χ0n) is 6.13. The van der Waals surface area contributed by atoms with Crippen molar-refractivity contribution in [3.8, 4) is 0 Å². The Morgan fingerprint density at radius 1 is 1.82 bits per heavy atom. The first-order valence-electron chi connectivity index (χ1n) is 3.34. The number of thiocarbonyl (C=S) groups is 1. The number of nitrogens with zero attached hydrogens (tertiary/aromatic N) is 1. The third-order valence-electron chi connectivity index (χ3n) is 1.53. The number of carbonyl (C=O) groups excluding carboxylic acids is 1. The van der Waals surface area contributed by atoms with E-state index >= 15 is 0 Å². The molecule has 1 aliphatic rings. The maximum atomic E-state index is 11.8. The summed E-state index contributed by atoms with van der Waals surface area (Å²) in [7, 11) is 0. The van der Waals surface area contributed by atoms with Gasteiger partial charge >= 0.3 is 0 Å². The molecular weight excluding hydrogens is 167 g/mol. The van der Waals surface area contributed by atoms with E-state index in [1.807, 2.05) is 0 Å². The van der Waals surface area contributed by atoms with Crippen molar-refractivity contribution in [2.75, 3.05) is 13.2 Å². The predicted octanol–water partition coefficient (Wildman–Crippen LogP) is 0.0611. The van der Waals surface area contributed by atoms with Gasteiger partial charge in [-0.25, -0.2) is 4.39 Å². The molecule has 0 aromatic heterocycles. The number of carbonyl (C=O) groups is 1. The molecule has 1 unspecified atom stereocenters. The lowest BCUT2D eigenvalue weighted by Gasteiger charge is -2.10. The summed E-state index contributed by atoms with van der Waals surface area (Å²) in [5.74, 6) is -0.146. The second kappa shape index (κ2) is 3.13. The second-order valence-electron chi connectivity index (χ2n) is 2.35. The number of amides is 1. The summed E-state index contributed by atoms with van der Waals surface area (Å²) in [6, 6.07) is -0.297. The molecule has 5 heteroatoms. The van der Waals surface area contributed by atoms with Crippen LogP contribution in [0, 0.1) is 0 Å². The standard InChI is InChI=1S/C6H9FN2OS/c1-4-5(10)9(3-2-7)6(11)8-4/h4H,2-3H2,1H3,(H,8,11). The molecule has 62 valence electrons. The summed E-state index contributed by atoms with van der Waals surface area (Å²) in [6.07, 6.45) is 0. The Kier molecular flexibility index (Phi) is 2.38. The molecule has 1 atom stereocenters. The predicted molar refractivity (Wildman–Crippen MR) is 42.9 cm³/mol. The van der Waals surface area contributed by atoms with Crippen molar-refractivity contribution in [1.29, 1.82) is 0 Å². The molecule has 0 aromatic carbocycles. The Balaban J connectivity index is 2.64. The van der Waals surface area contributed by atoms with Gasteiger partial charge in [0.05, 0.1) is 6.54 Å². The van der Waals surface area contributed by atoms with E-state index in [1.54, 1.807) is 6.92 Å². The number of alkyl halides is 1. The highest BCUT2D eigenvalue weighted by atomic mass is 32.1. The summed E-state index contributed by atoms with van der Waals surface area (Å²) >= 11 is 4.79. The van der Waals surface area contributed by atoms with Gasteiger partial charge in [0.25, 0.3) is 5.91 Å². The van der Waals surface area contributed by atoms with Crippen molar-refractivity contribution in [3.63, 3.8) is 0 Å². The SMILES string of the molecule is CC1NC(=S)N(CCF)C1=O. The van der Waals surface area contributed by atoms with Crippen molar-refractivity contribution in [1.82, 2.24) is 10.2 Å². The number of halogens is 1. The van der Waals surface area contributed by atoms with Gasteiger partial charge in [0.2, 0.25) is 0 Å². The van der Waals surface area contributed by atoms with Crippen LogP contribution >= 0.6 is 12.2 Å². The molecule has 1 heterocycles. The van der Waals surface area contributed by atoms with Gasteiger partial charge < -0.3 is 5.32 Å². The van der Waals surface area contributed by atoms with Crippen LogP contribution in [0.3, 0.4) is 0 Å². The average molecular weight is 176 g/mol. The third kappa shape index (κ3) is 1.48. The third-order valence-corrected chi connectivity index (χ3v) is 1.87. The first-order valence-corrected chi connectivity index (χ1v) is 3.75. The molecule has 11 heavy (non-hydrogen) atoms. The fourth-order valence-corrected chi connectivity index (χ4v) is 1.31. The molecular formula is C6H9FN2OS. The van der Waals surface area contributed by atoms with Crippen molar-refractivity contribution < 1.29 is 9.18 Å². The highest BCUT2D eigenvalue weighted by Gasteiger charge is 2.31. The maximum Gasteiger partial charge on any atom is 0.251 e. The van der Waals surface area contributed by atoms with E-state index in [0.29, 0.717) is 5.11 Å². The van der Waals surface area contributed by atoms with Gasteiger partial charge in [-0.1, -0.05) is 0 Å². The van der Waals surface area contributed by atoms with Crippen LogP contribution in [0.15, 0.2) is 0 Å². The maximum absolute atomic E-state index is 11.8. The Morgan fingerprint density at radius 2 is 2.45 bits per heavy atom. The lowest BCUT2D eigenvalue weighted by atomic mass is 10.3. The smallest absolute Gasteiger partial charge is 0.251 e. The normalized spacial score (nSPS) is 24.2. The quantitative estimate of drug-likeness (QED) is 0.604. The highest BCUT2D eigenvalue weighted by Crippen LogP contribution is 2.04. The molecule has 0 saturated carbocycles. The second-order valence-corrected chi connectivity index (χ2v) is 2.74. The summed E-state index contributed by atoms with van der Waals surface area (Å²) in [5, 5.41) is 3.08. The Labute approximate surface area is 69.6 Å². The summed E-state index contributed by atoms with van der Waals surface area (Å²) in [6.45, 7) is 1.21. The van der Waals surface area contributed by atoms with Gasteiger partial charge in [0, 0.05) is 0 Å². The van der Waals surface area contributed by atoms with Crippen LogP contribution in [0.1, 0.15) is 6.92 Å². The van der Waals surface area contributed by atoms with Crippen molar-refractivity contribution in [2.45, 2.75) is 13.0 Å². The fraction of sp³-hybridized carbons (Fsp3) is 0.667. The molecule has 0 aromatic rings. The van der Waals surface area contributed by atoms with E-state index in [-0.39, 0.29) is 18.5 Å². The lowest BCUT2D eigenvalue weighted by Crippen LogP contribution is -2.32. The Bertz CT molecular complexity index is 197. The molecule has 0 bridgehead atoms. The number of nitrogens with one attached hydrogen (secondary N) is 1. The number of hydrogen-bond acceptors (Lipinski definition) is 2. The van der Waals surface area contributed by atoms with E-state index in [4.69, 9.17) is 12.2 Å². The summed E-state index contributed by atoms with van der Waals surface area (Å²) in [5.41, 5.74) is 0. The van der Waals surface area contributed by atoms with Crippen LogP contribution < -0.4 is 5.32 Å². The molecule has 1 aliphatic heterocycles. The molecule has 1 rings (SSSR count). The van der Waals surface area contributed by atoms with Gasteiger partial charge in [0.15, 0.2) is 5.11 Å². The molecule has 1 saturated heterocycles. The average Bonchev–Trinajstić information content (AvgIpc) is 2.17. The van der Waals surface area contributed by atoms with Gasteiger partial charge in [-0.3, -0.25) is 9.69 Å². The zero-order valence-corrected chi connectivity index (χ0v) is 6.95. The summed E-state index contributed by atoms with van der Waals surface area (Å²) in [4.78, 5) is 12.4. The minimum atomic E-state index is -0.555. The van der Waals surface area contributed by atoms with Crippen LogP contribution in [-0.2, 0) is 4.79 Å². The zero-order chi connectivity index (χ0) is 8.43.